The fourth-order valence-corrected chi connectivity index (χ4v) is 5.49. The summed E-state index contributed by atoms with van der Waals surface area (Å²) in [6.45, 7) is 1.35. The van der Waals surface area contributed by atoms with Gasteiger partial charge in [0.25, 0.3) is 0 Å². The number of aromatic nitrogens is 4. The lowest BCUT2D eigenvalue weighted by Gasteiger charge is -2.12. The van der Waals surface area contributed by atoms with Crippen molar-refractivity contribution >= 4 is 59.5 Å². The Hall–Kier alpha value is -3.45. The Balaban J connectivity index is 1.30. The van der Waals surface area contributed by atoms with E-state index in [0.717, 1.165) is 37.6 Å². The lowest BCUT2D eigenvalue weighted by Crippen LogP contribution is -2.21. The van der Waals surface area contributed by atoms with Crippen LogP contribution in [0.5, 0.6) is 5.75 Å². The van der Waals surface area contributed by atoms with Gasteiger partial charge in [0.1, 0.15) is 39.3 Å². The third-order valence-electron chi connectivity index (χ3n) is 5.69. The average molecular weight is 626 g/mol. The lowest BCUT2D eigenvalue weighted by molar-refractivity contribution is 0.304. The zero-order valence-corrected chi connectivity index (χ0v) is 24.2. The van der Waals surface area contributed by atoms with E-state index in [4.69, 9.17) is 4.74 Å². The first-order chi connectivity index (χ1) is 18.8. The Morgan fingerprint density at radius 3 is 2.67 bits per heavy atom. The van der Waals surface area contributed by atoms with Crippen molar-refractivity contribution in [2.75, 3.05) is 23.9 Å². The molecule has 39 heavy (non-hydrogen) atoms. The average Bonchev–Trinajstić information content (AvgIpc) is 3.40. The van der Waals surface area contributed by atoms with Crippen LogP contribution in [0.4, 0.5) is 11.5 Å². The van der Waals surface area contributed by atoms with Crippen LogP contribution in [-0.4, -0.2) is 46.9 Å². The molecule has 0 atom stereocenters. The number of nitrogens with zero attached hydrogens (tertiary/aromatic N) is 4. The van der Waals surface area contributed by atoms with Crippen molar-refractivity contribution in [3.8, 4) is 17.1 Å². The lowest BCUT2D eigenvalue weighted by atomic mass is 10.2. The van der Waals surface area contributed by atoms with E-state index in [1.54, 1.807) is 6.20 Å². The van der Waals surface area contributed by atoms with Gasteiger partial charge in [0.15, 0.2) is 0 Å². The fraction of sp³-hybridized carbons (Fsp3) is 0.185. The quantitative estimate of drug-likeness (QED) is 0.187. The van der Waals surface area contributed by atoms with Gasteiger partial charge in [-0.25, -0.2) is 23.4 Å². The first kappa shape index (κ1) is 27.1. The normalized spacial score (nSPS) is 11.5. The molecule has 0 aliphatic rings. The van der Waals surface area contributed by atoms with Crippen LogP contribution in [-0.2, 0) is 23.0 Å². The van der Waals surface area contributed by atoms with Gasteiger partial charge in [-0.15, -0.1) is 11.3 Å². The number of halogens is 1. The number of nitrogens with one attached hydrogen (secondary N) is 2. The Morgan fingerprint density at radius 2 is 1.87 bits per heavy atom. The molecule has 0 amide bonds. The third kappa shape index (κ3) is 7.35. The molecule has 9 nitrogen and oxygen atoms in total. The summed E-state index contributed by atoms with van der Waals surface area (Å²) in [5, 5.41) is 10.1. The van der Waals surface area contributed by atoms with E-state index >= 15 is 0 Å². The minimum atomic E-state index is -3.00. The van der Waals surface area contributed by atoms with Crippen molar-refractivity contribution in [3.63, 3.8) is 0 Å². The van der Waals surface area contributed by atoms with Crippen molar-refractivity contribution in [2.45, 2.75) is 13.2 Å². The molecule has 0 saturated heterocycles. The molecule has 3 heterocycles. The number of anilines is 2. The van der Waals surface area contributed by atoms with Crippen molar-refractivity contribution in [1.82, 2.24) is 25.3 Å². The molecule has 0 radical (unpaired) electrons. The van der Waals surface area contributed by atoms with Crippen molar-refractivity contribution in [2.24, 2.45) is 0 Å². The second-order valence-electron chi connectivity index (χ2n) is 8.79. The van der Waals surface area contributed by atoms with Gasteiger partial charge in [-0.1, -0.05) is 30.3 Å². The van der Waals surface area contributed by atoms with Gasteiger partial charge in [-0.3, -0.25) is 4.98 Å². The topological polar surface area (TPSA) is 119 Å². The van der Waals surface area contributed by atoms with E-state index in [-0.39, 0.29) is 5.75 Å². The molecular formula is C27H25BrN6O3S2. The minimum Gasteiger partial charge on any atom is -0.488 e. The summed E-state index contributed by atoms with van der Waals surface area (Å²) in [5.74, 6) is 1.48. The van der Waals surface area contributed by atoms with E-state index in [2.05, 4.69) is 46.5 Å². The van der Waals surface area contributed by atoms with E-state index in [1.807, 2.05) is 60.0 Å². The van der Waals surface area contributed by atoms with Crippen molar-refractivity contribution in [3.05, 3.63) is 87.5 Å². The number of thiazole rings is 1. The first-order valence-electron chi connectivity index (χ1n) is 12.0. The van der Waals surface area contributed by atoms with Crippen LogP contribution in [0.2, 0.25) is 0 Å². The van der Waals surface area contributed by atoms with Crippen LogP contribution in [0.15, 0.2) is 77.0 Å². The largest absolute Gasteiger partial charge is 0.488 e. The third-order valence-corrected chi connectivity index (χ3v) is 8.11. The van der Waals surface area contributed by atoms with Gasteiger partial charge in [0, 0.05) is 35.8 Å². The van der Waals surface area contributed by atoms with Crippen LogP contribution in [0.25, 0.3) is 22.3 Å². The second kappa shape index (κ2) is 12.2. The monoisotopic (exact) mass is 624 g/mol. The molecule has 0 unspecified atom stereocenters. The summed E-state index contributed by atoms with van der Waals surface area (Å²) in [4.78, 5) is 18.0. The number of benzene rings is 2. The van der Waals surface area contributed by atoms with Crippen molar-refractivity contribution < 1.29 is 13.2 Å². The SMILES string of the molecule is CS(=O)(=O)CCNCc1nc(-c2cc3c(Nc4ccc(OCc5ccccc5)c(Br)c4)ncnc3cn2)cs1. The van der Waals surface area contributed by atoms with Crippen LogP contribution < -0.4 is 15.4 Å². The highest BCUT2D eigenvalue weighted by molar-refractivity contribution is 9.10. The molecule has 0 bridgehead atoms. The van der Waals surface area contributed by atoms with Gasteiger partial charge >= 0.3 is 0 Å². The minimum absolute atomic E-state index is 0.0905. The summed E-state index contributed by atoms with van der Waals surface area (Å²) in [6.07, 6.45) is 4.43. The van der Waals surface area contributed by atoms with Crippen LogP contribution in [0.3, 0.4) is 0 Å². The summed E-state index contributed by atoms with van der Waals surface area (Å²) in [5.41, 5.74) is 4.07. The number of pyridine rings is 1. The molecule has 12 heteroatoms. The zero-order chi connectivity index (χ0) is 27.2. The molecular weight excluding hydrogens is 600 g/mol. The molecule has 5 rings (SSSR count). The maximum absolute atomic E-state index is 11.3. The zero-order valence-electron chi connectivity index (χ0n) is 21.0. The highest BCUT2D eigenvalue weighted by Gasteiger charge is 2.12. The first-order valence-corrected chi connectivity index (χ1v) is 15.7. The van der Waals surface area contributed by atoms with E-state index in [9.17, 15) is 8.42 Å². The number of hydrogen-bond donors (Lipinski definition) is 2. The van der Waals surface area contributed by atoms with Crippen molar-refractivity contribution in [1.29, 1.82) is 0 Å². The molecule has 0 aliphatic heterocycles. The maximum atomic E-state index is 11.3. The standard InChI is InChI=1S/C27H25BrN6O3S2/c1-39(35,36)10-9-29-14-26-34-24(16-38-26)22-12-20-23(13-30-22)31-17-32-27(20)33-19-7-8-25(21(28)11-19)37-15-18-5-3-2-4-6-18/h2-8,11-13,16-17,29H,9-10,14-15H2,1H3,(H,31,32,33). The number of sulfone groups is 1. The summed E-state index contributed by atoms with van der Waals surface area (Å²) >= 11 is 5.10. The van der Waals surface area contributed by atoms with Crippen LogP contribution in [0, 0.1) is 0 Å². The van der Waals surface area contributed by atoms with E-state index < -0.39 is 9.84 Å². The number of fused-ring (bicyclic) bond motifs is 1. The smallest absolute Gasteiger partial charge is 0.148 e. The van der Waals surface area contributed by atoms with Crippen LogP contribution >= 0.6 is 27.3 Å². The van der Waals surface area contributed by atoms with E-state index in [1.165, 1.54) is 23.9 Å². The molecule has 2 aromatic carbocycles. The van der Waals surface area contributed by atoms with Gasteiger partial charge in [-0.2, -0.15) is 0 Å². The highest BCUT2D eigenvalue weighted by Crippen LogP contribution is 2.32. The molecule has 0 saturated carbocycles. The predicted octanol–water partition coefficient (Wildman–Crippen LogP) is 5.37. The maximum Gasteiger partial charge on any atom is 0.148 e. The molecule has 3 aromatic heterocycles. The Morgan fingerprint density at radius 1 is 1.03 bits per heavy atom. The Bertz CT molecular complexity index is 1700. The molecule has 200 valence electrons. The van der Waals surface area contributed by atoms with Gasteiger partial charge in [-0.05, 0) is 45.8 Å². The highest BCUT2D eigenvalue weighted by atomic mass is 79.9. The number of hydrogen-bond acceptors (Lipinski definition) is 10. The Kier molecular flexibility index (Phi) is 8.46. The van der Waals surface area contributed by atoms with Crippen LogP contribution in [0.1, 0.15) is 10.6 Å². The summed E-state index contributed by atoms with van der Waals surface area (Å²) in [6, 6.07) is 17.7. The van der Waals surface area contributed by atoms with Gasteiger partial charge < -0.3 is 15.4 Å². The number of rotatable bonds is 11. The molecule has 2 N–H and O–H groups in total. The fourth-order valence-electron chi connectivity index (χ4n) is 3.73. The summed E-state index contributed by atoms with van der Waals surface area (Å²) < 4.78 is 29.4. The summed E-state index contributed by atoms with van der Waals surface area (Å²) in [7, 11) is -3.00. The molecule has 0 aliphatic carbocycles. The Labute approximate surface area is 238 Å². The van der Waals surface area contributed by atoms with Gasteiger partial charge in [0.05, 0.1) is 33.3 Å². The predicted molar refractivity (Wildman–Crippen MR) is 158 cm³/mol. The van der Waals surface area contributed by atoms with E-state index in [0.29, 0.717) is 36.7 Å². The molecule has 0 fully saturated rings. The second-order valence-corrected chi connectivity index (χ2v) is 12.8. The number of ether oxygens (including phenoxy) is 1. The molecule has 5 aromatic rings. The molecule has 0 spiro atoms. The van der Waals surface area contributed by atoms with Gasteiger partial charge in [0.2, 0.25) is 0 Å².